The molecule has 144 valence electrons. The number of ether oxygens (including phenoxy) is 1. The van der Waals surface area contributed by atoms with Gasteiger partial charge in [-0.3, -0.25) is 4.79 Å². The second-order valence-corrected chi connectivity index (χ2v) is 15.8. The highest BCUT2D eigenvalue weighted by Crippen LogP contribution is 2.75. The third-order valence-electron chi connectivity index (χ3n) is 6.98. The molecule has 2 fully saturated rings. The number of fused-ring (bicyclic) bond motifs is 2. The first-order chi connectivity index (χ1) is 11.6. The molecular formula is C20H34BrNO2S. The van der Waals surface area contributed by atoms with Gasteiger partial charge in [0.25, 0.3) is 0 Å². The Hall–Kier alpha value is -0.260. The molecule has 0 aromatic rings. The Balaban J connectivity index is 2.25. The number of nitrogens with zero attached hydrogens (tertiary/aromatic N) is 1. The number of hydrogen-bond donors (Lipinski definition) is 0. The van der Waals surface area contributed by atoms with Gasteiger partial charge in [0.05, 0.1) is 11.9 Å². The molecule has 3 nitrogen and oxygen atoms in total. The standard InChI is InChI=1S/C20H34BrNO2S/c1-8-12-22(13-9-2)16(23)14-25(7,21)17-15-10-11-20(5,18(17)24-6)19(15,3)4/h8-9,15,17-18H,1-2,10-14H2,3-7H3/t15-,17-,18-,20+/m1/s1. The summed E-state index contributed by atoms with van der Waals surface area (Å²) in [6.45, 7) is 15.8. The summed E-state index contributed by atoms with van der Waals surface area (Å²) in [5.74, 6) is 1.32. The molecule has 2 bridgehead atoms. The fraction of sp³-hybridized carbons (Fsp3) is 0.750. The van der Waals surface area contributed by atoms with E-state index in [9.17, 15) is 4.79 Å². The highest BCUT2D eigenvalue weighted by molar-refractivity contribution is 9.58. The molecule has 2 aliphatic rings. The van der Waals surface area contributed by atoms with Crippen LogP contribution in [0.5, 0.6) is 0 Å². The molecule has 0 aliphatic heterocycles. The Morgan fingerprint density at radius 2 is 1.88 bits per heavy atom. The van der Waals surface area contributed by atoms with Crippen molar-refractivity contribution in [1.82, 2.24) is 4.90 Å². The number of methoxy groups -OCH3 is 1. The third-order valence-corrected chi connectivity index (χ3v) is 11.5. The summed E-state index contributed by atoms with van der Waals surface area (Å²) in [5.41, 5.74) is 0.426. The molecule has 5 heteroatoms. The van der Waals surface area contributed by atoms with Gasteiger partial charge in [0.1, 0.15) is 0 Å². The molecule has 0 aromatic carbocycles. The van der Waals surface area contributed by atoms with Crippen molar-refractivity contribution in [3.63, 3.8) is 0 Å². The zero-order valence-electron chi connectivity index (χ0n) is 16.4. The fourth-order valence-corrected chi connectivity index (χ4v) is 10.1. The fourth-order valence-electron chi connectivity index (χ4n) is 5.23. The van der Waals surface area contributed by atoms with E-state index >= 15 is 0 Å². The van der Waals surface area contributed by atoms with Gasteiger partial charge < -0.3 is 9.64 Å². The van der Waals surface area contributed by atoms with E-state index in [0.29, 0.717) is 30.0 Å². The van der Waals surface area contributed by atoms with Gasteiger partial charge in [0, 0.05) is 30.9 Å². The van der Waals surface area contributed by atoms with Crippen molar-refractivity contribution in [2.75, 3.05) is 32.2 Å². The molecule has 0 radical (unpaired) electrons. The quantitative estimate of drug-likeness (QED) is 0.517. The maximum Gasteiger partial charge on any atom is 0.232 e. The van der Waals surface area contributed by atoms with E-state index in [4.69, 9.17) is 4.74 Å². The number of carbonyl (C=O) groups excluding carboxylic acids is 1. The maximum absolute atomic E-state index is 12.9. The van der Waals surface area contributed by atoms with E-state index in [1.807, 2.05) is 12.0 Å². The van der Waals surface area contributed by atoms with Crippen molar-refractivity contribution >= 4 is 29.2 Å². The summed E-state index contributed by atoms with van der Waals surface area (Å²) in [7, 11) is 0.525. The van der Waals surface area contributed by atoms with E-state index in [-0.39, 0.29) is 22.8 Å². The minimum absolute atomic E-state index is 0.176. The number of carbonyl (C=O) groups is 1. The Labute approximate surface area is 162 Å². The van der Waals surface area contributed by atoms with Gasteiger partial charge >= 0.3 is 0 Å². The van der Waals surface area contributed by atoms with E-state index in [0.717, 1.165) is 0 Å². The first kappa shape index (κ1) is 21.0. The Morgan fingerprint density at radius 3 is 2.36 bits per heavy atom. The molecule has 0 aromatic heterocycles. The first-order valence-corrected chi connectivity index (χ1v) is 13.1. The number of hydrogen-bond acceptors (Lipinski definition) is 2. The molecule has 2 saturated carbocycles. The molecule has 2 aliphatic carbocycles. The van der Waals surface area contributed by atoms with Crippen molar-refractivity contribution in [3.05, 3.63) is 25.3 Å². The Morgan fingerprint density at radius 1 is 1.32 bits per heavy atom. The molecule has 2 rings (SSSR count). The monoisotopic (exact) mass is 431 g/mol. The van der Waals surface area contributed by atoms with Crippen LogP contribution in [0, 0.1) is 16.7 Å². The van der Waals surface area contributed by atoms with Gasteiger partial charge in [0.15, 0.2) is 0 Å². The topological polar surface area (TPSA) is 29.5 Å². The minimum atomic E-state index is -1.31. The minimum Gasteiger partial charge on any atom is -0.380 e. The largest absolute Gasteiger partial charge is 0.380 e. The van der Waals surface area contributed by atoms with Crippen molar-refractivity contribution in [1.29, 1.82) is 0 Å². The zero-order valence-corrected chi connectivity index (χ0v) is 18.8. The summed E-state index contributed by atoms with van der Waals surface area (Å²) in [4.78, 5) is 14.7. The van der Waals surface area contributed by atoms with Crippen molar-refractivity contribution in [2.45, 2.75) is 45.0 Å². The molecule has 0 spiro atoms. The molecule has 0 N–H and O–H groups in total. The average molecular weight is 432 g/mol. The van der Waals surface area contributed by atoms with E-state index in [2.05, 4.69) is 55.0 Å². The van der Waals surface area contributed by atoms with E-state index < -0.39 is 8.46 Å². The predicted octanol–water partition coefficient (Wildman–Crippen LogP) is 4.77. The van der Waals surface area contributed by atoms with Crippen LogP contribution < -0.4 is 0 Å². The van der Waals surface area contributed by atoms with Crippen LogP contribution in [-0.4, -0.2) is 54.4 Å². The molecule has 0 heterocycles. The van der Waals surface area contributed by atoms with Gasteiger partial charge in [-0.15, -0.1) is 13.2 Å². The van der Waals surface area contributed by atoms with Gasteiger partial charge in [-0.2, -0.15) is 8.46 Å². The van der Waals surface area contributed by atoms with E-state index in [1.165, 1.54) is 12.8 Å². The lowest BCUT2D eigenvalue weighted by molar-refractivity contribution is -0.127. The Bertz CT molecular complexity index is 538. The van der Waals surface area contributed by atoms with Crippen LogP contribution in [0.15, 0.2) is 25.3 Å². The lowest BCUT2D eigenvalue weighted by Gasteiger charge is -2.46. The molecule has 0 saturated heterocycles. The predicted molar refractivity (Wildman–Crippen MR) is 113 cm³/mol. The van der Waals surface area contributed by atoms with Crippen LogP contribution in [0.3, 0.4) is 0 Å². The smallest absolute Gasteiger partial charge is 0.232 e. The third kappa shape index (κ3) is 3.37. The van der Waals surface area contributed by atoms with Crippen LogP contribution in [0.4, 0.5) is 0 Å². The second kappa shape index (κ2) is 7.40. The summed E-state index contributed by atoms with van der Waals surface area (Å²) in [5, 5.41) is 0.407. The molecule has 1 amide bonds. The van der Waals surface area contributed by atoms with Crippen molar-refractivity contribution < 1.29 is 9.53 Å². The zero-order chi connectivity index (χ0) is 19.0. The average Bonchev–Trinajstić information content (AvgIpc) is 2.85. The molecule has 25 heavy (non-hydrogen) atoms. The number of rotatable bonds is 8. The SMILES string of the molecule is C=CCN(CC=C)C(=O)CS(C)(Br)[C@@H]1[C@H]2CC[C@@](C)([C@@H]1OC)C2(C)C. The Kier molecular flexibility index (Phi) is 6.23. The lowest BCUT2D eigenvalue weighted by Crippen LogP contribution is -2.44. The highest BCUT2D eigenvalue weighted by Gasteiger charge is 2.68. The summed E-state index contributed by atoms with van der Waals surface area (Å²) < 4.78 is 6.05. The highest BCUT2D eigenvalue weighted by atomic mass is 79.9. The van der Waals surface area contributed by atoms with Gasteiger partial charge in [-0.1, -0.05) is 32.9 Å². The normalized spacial score (nSPS) is 36.5. The van der Waals surface area contributed by atoms with Crippen LogP contribution >= 0.6 is 23.3 Å². The molecular weight excluding hydrogens is 398 g/mol. The van der Waals surface area contributed by atoms with Crippen LogP contribution in [0.25, 0.3) is 0 Å². The van der Waals surface area contributed by atoms with Gasteiger partial charge in [-0.25, -0.2) is 0 Å². The van der Waals surface area contributed by atoms with Crippen LogP contribution in [-0.2, 0) is 9.53 Å². The van der Waals surface area contributed by atoms with Crippen molar-refractivity contribution in [3.8, 4) is 0 Å². The molecule has 5 atom stereocenters. The molecule has 1 unspecified atom stereocenters. The van der Waals surface area contributed by atoms with Crippen molar-refractivity contribution in [2.24, 2.45) is 16.7 Å². The summed E-state index contributed by atoms with van der Waals surface area (Å²) >= 11 is 4.04. The van der Waals surface area contributed by atoms with Gasteiger partial charge in [-0.05, 0) is 45.2 Å². The number of halogens is 1. The number of amides is 1. The maximum atomic E-state index is 12.9. The summed E-state index contributed by atoms with van der Waals surface area (Å²) in [6.07, 6.45) is 8.47. The lowest BCUT2D eigenvalue weighted by atomic mass is 9.70. The summed E-state index contributed by atoms with van der Waals surface area (Å²) in [6, 6.07) is 0. The second-order valence-electron chi connectivity index (χ2n) is 8.47. The first-order valence-electron chi connectivity index (χ1n) is 9.03. The van der Waals surface area contributed by atoms with Gasteiger partial charge in [0.2, 0.25) is 5.91 Å². The van der Waals surface area contributed by atoms with Crippen LogP contribution in [0.1, 0.15) is 33.6 Å². The van der Waals surface area contributed by atoms with Crippen LogP contribution in [0.2, 0.25) is 0 Å². The van der Waals surface area contributed by atoms with E-state index in [1.54, 1.807) is 12.2 Å².